The van der Waals surface area contributed by atoms with Gasteiger partial charge in [-0.1, -0.05) is 0 Å². The van der Waals surface area contributed by atoms with Crippen LogP contribution in [0.3, 0.4) is 0 Å². The second kappa shape index (κ2) is 6.34. The molecule has 100 valence electrons. The van der Waals surface area contributed by atoms with Crippen LogP contribution in [0.4, 0.5) is 13.2 Å². The molecule has 0 unspecified atom stereocenters. The molecule has 0 aliphatic heterocycles. The number of hydrogen-bond donors (Lipinski definition) is 1. The number of alkyl halides is 2. The van der Waals surface area contributed by atoms with Crippen molar-refractivity contribution in [2.45, 2.75) is 26.3 Å². The summed E-state index contributed by atoms with van der Waals surface area (Å²) in [5, 5.41) is 0. The van der Waals surface area contributed by atoms with Crippen LogP contribution in [-0.2, 0) is 22.5 Å². The van der Waals surface area contributed by atoms with Gasteiger partial charge in [0.25, 0.3) is 6.43 Å². The van der Waals surface area contributed by atoms with Gasteiger partial charge in [0.05, 0.1) is 13.0 Å². The largest absolute Gasteiger partial charge is 0.466 e. The van der Waals surface area contributed by atoms with Crippen LogP contribution in [-0.4, -0.2) is 17.6 Å². The smallest absolute Gasteiger partial charge is 0.310 e. The number of carbonyl (C=O) groups excluding carboxylic acids is 1. The summed E-state index contributed by atoms with van der Waals surface area (Å²) in [6.45, 7) is 1.42. The number of aromatic nitrogens is 1. The molecule has 0 radical (unpaired) electrons. The van der Waals surface area contributed by atoms with Crippen molar-refractivity contribution in [1.29, 1.82) is 0 Å². The molecule has 4 nitrogen and oxygen atoms in total. The van der Waals surface area contributed by atoms with Crippen molar-refractivity contribution in [2.24, 2.45) is 5.73 Å². The summed E-state index contributed by atoms with van der Waals surface area (Å²) in [5.74, 6) is -1.69. The minimum absolute atomic E-state index is 0.0921. The zero-order valence-corrected chi connectivity index (χ0v) is 9.75. The van der Waals surface area contributed by atoms with E-state index in [1.807, 2.05) is 0 Å². The van der Waals surface area contributed by atoms with Crippen LogP contribution < -0.4 is 5.73 Å². The number of hydrogen-bond acceptors (Lipinski definition) is 4. The molecule has 1 aromatic rings. The van der Waals surface area contributed by atoms with Gasteiger partial charge in [-0.2, -0.15) is 4.39 Å². The molecule has 0 aliphatic rings. The van der Waals surface area contributed by atoms with Gasteiger partial charge >= 0.3 is 5.97 Å². The Hall–Kier alpha value is -1.63. The minimum Gasteiger partial charge on any atom is -0.466 e. The van der Waals surface area contributed by atoms with Crippen LogP contribution in [0.25, 0.3) is 0 Å². The Kier molecular flexibility index (Phi) is 5.08. The highest BCUT2D eigenvalue weighted by molar-refractivity contribution is 5.73. The van der Waals surface area contributed by atoms with E-state index in [-0.39, 0.29) is 24.3 Å². The molecule has 1 heterocycles. The highest BCUT2D eigenvalue weighted by atomic mass is 19.3. The maximum Gasteiger partial charge on any atom is 0.310 e. The summed E-state index contributed by atoms with van der Waals surface area (Å²) < 4.78 is 43.5. The number of esters is 1. The van der Waals surface area contributed by atoms with E-state index >= 15 is 0 Å². The van der Waals surface area contributed by atoms with Crippen molar-refractivity contribution in [3.05, 3.63) is 28.8 Å². The monoisotopic (exact) mass is 262 g/mol. The average Bonchev–Trinajstić information content (AvgIpc) is 2.31. The fourth-order valence-electron chi connectivity index (χ4n) is 1.55. The number of nitrogens with zero attached hydrogens (tertiary/aromatic N) is 1. The van der Waals surface area contributed by atoms with E-state index in [0.717, 1.165) is 6.20 Å². The first-order valence-electron chi connectivity index (χ1n) is 5.31. The Morgan fingerprint density at radius 2 is 2.17 bits per heavy atom. The van der Waals surface area contributed by atoms with E-state index in [1.54, 1.807) is 6.92 Å². The SMILES string of the molecule is CCOC(=O)Cc1c(F)ncc(C(F)F)c1CN. The van der Waals surface area contributed by atoms with Gasteiger partial charge in [-0.05, 0) is 12.5 Å². The summed E-state index contributed by atoms with van der Waals surface area (Å²) in [6, 6.07) is 0. The molecule has 7 heteroatoms. The van der Waals surface area contributed by atoms with Crippen LogP contribution in [0.1, 0.15) is 30.0 Å². The van der Waals surface area contributed by atoms with Gasteiger partial charge in [-0.15, -0.1) is 0 Å². The van der Waals surface area contributed by atoms with Crippen molar-refractivity contribution in [3.63, 3.8) is 0 Å². The first-order valence-corrected chi connectivity index (χ1v) is 5.31. The van der Waals surface area contributed by atoms with Crippen molar-refractivity contribution in [2.75, 3.05) is 6.61 Å². The average molecular weight is 262 g/mol. The Bertz CT molecular complexity index is 439. The molecule has 1 rings (SSSR count). The standard InChI is InChI=1S/C11H13F3N2O2/c1-2-18-9(17)3-6-7(4-15)8(10(12)13)5-16-11(6)14/h5,10H,2-4,15H2,1H3. The number of carbonyl (C=O) groups is 1. The van der Waals surface area contributed by atoms with Gasteiger partial charge in [0, 0.05) is 23.9 Å². The van der Waals surface area contributed by atoms with Gasteiger partial charge in [0.2, 0.25) is 5.95 Å². The Balaban J connectivity index is 3.15. The first kappa shape index (κ1) is 14.4. The third-order valence-corrected chi connectivity index (χ3v) is 2.34. The molecule has 0 bridgehead atoms. The lowest BCUT2D eigenvalue weighted by molar-refractivity contribution is -0.142. The Morgan fingerprint density at radius 3 is 2.67 bits per heavy atom. The molecule has 0 saturated heterocycles. The van der Waals surface area contributed by atoms with Crippen LogP contribution in [0.15, 0.2) is 6.20 Å². The summed E-state index contributed by atoms with van der Waals surface area (Å²) in [5.41, 5.74) is 4.55. The number of pyridine rings is 1. The highest BCUT2D eigenvalue weighted by Gasteiger charge is 2.21. The molecule has 0 spiro atoms. The van der Waals surface area contributed by atoms with Crippen molar-refractivity contribution < 1.29 is 22.7 Å². The highest BCUT2D eigenvalue weighted by Crippen LogP contribution is 2.26. The van der Waals surface area contributed by atoms with Gasteiger partial charge in [0.15, 0.2) is 0 Å². The number of halogens is 3. The topological polar surface area (TPSA) is 65.2 Å². The Labute approximate surface area is 102 Å². The van der Waals surface area contributed by atoms with E-state index < -0.39 is 30.3 Å². The van der Waals surface area contributed by atoms with Crippen LogP contribution in [0.2, 0.25) is 0 Å². The third kappa shape index (κ3) is 3.19. The summed E-state index contributed by atoms with van der Waals surface area (Å²) in [7, 11) is 0. The molecule has 1 aromatic heterocycles. The van der Waals surface area contributed by atoms with Crippen LogP contribution in [0, 0.1) is 5.95 Å². The predicted octanol–water partition coefficient (Wildman–Crippen LogP) is 1.72. The summed E-state index contributed by atoms with van der Waals surface area (Å²) in [6.07, 6.45) is -2.55. The maximum absolute atomic E-state index is 13.5. The van der Waals surface area contributed by atoms with Crippen LogP contribution >= 0.6 is 0 Å². The zero-order chi connectivity index (χ0) is 13.7. The van der Waals surface area contributed by atoms with Crippen LogP contribution in [0.5, 0.6) is 0 Å². The van der Waals surface area contributed by atoms with Gasteiger partial charge in [-0.25, -0.2) is 13.8 Å². The molecule has 0 saturated carbocycles. The van der Waals surface area contributed by atoms with E-state index in [4.69, 9.17) is 5.73 Å². The fraction of sp³-hybridized carbons (Fsp3) is 0.455. The second-order valence-corrected chi connectivity index (χ2v) is 3.45. The quantitative estimate of drug-likeness (QED) is 0.648. The third-order valence-electron chi connectivity index (χ3n) is 2.34. The van der Waals surface area contributed by atoms with Gasteiger partial charge in [0.1, 0.15) is 0 Å². The summed E-state index contributed by atoms with van der Waals surface area (Å²) in [4.78, 5) is 14.5. The number of ether oxygens (including phenoxy) is 1. The molecular formula is C11H13F3N2O2. The zero-order valence-electron chi connectivity index (χ0n) is 9.75. The first-order chi connectivity index (χ1) is 8.51. The van der Waals surface area contributed by atoms with E-state index in [2.05, 4.69) is 9.72 Å². The molecular weight excluding hydrogens is 249 g/mol. The predicted molar refractivity (Wildman–Crippen MR) is 57.4 cm³/mol. The second-order valence-electron chi connectivity index (χ2n) is 3.45. The van der Waals surface area contributed by atoms with Crippen molar-refractivity contribution >= 4 is 5.97 Å². The minimum atomic E-state index is -2.82. The van der Waals surface area contributed by atoms with E-state index in [1.165, 1.54) is 0 Å². The lowest BCUT2D eigenvalue weighted by atomic mass is 10.0. The van der Waals surface area contributed by atoms with Gasteiger partial charge < -0.3 is 10.5 Å². The molecule has 0 fully saturated rings. The van der Waals surface area contributed by atoms with Gasteiger partial charge in [-0.3, -0.25) is 4.79 Å². The molecule has 2 N–H and O–H groups in total. The maximum atomic E-state index is 13.5. The molecule has 18 heavy (non-hydrogen) atoms. The normalized spacial score (nSPS) is 10.8. The van der Waals surface area contributed by atoms with E-state index in [9.17, 15) is 18.0 Å². The van der Waals surface area contributed by atoms with E-state index in [0.29, 0.717) is 0 Å². The number of rotatable bonds is 5. The molecule has 0 aromatic carbocycles. The Morgan fingerprint density at radius 1 is 1.50 bits per heavy atom. The molecule has 0 atom stereocenters. The van der Waals surface area contributed by atoms with Crippen molar-refractivity contribution in [1.82, 2.24) is 4.98 Å². The molecule has 0 aliphatic carbocycles. The fourth-order valence-corrected chi connectivity index (χ4v) is 1.55. The van der Waals surface area contributed by atoms with Crippen molar-refractivity contribution in [3.8, 4) is 0 Å². The lowest BCUT2D eigenvalue weighted by Crippen LogP contribution is -2.15. The number of nitrogens with two attached hydrogens (primary N) is 1. The molecule has 0 amide bonds. The summed E-state index contributed by atoms with van der Waals surface area (Å²) >= 11 is 0. The lowest BCUT2D eigenvalue weighted by Gasteiger charge is -2.12.